The maximum Gasteiger partial charge on any atom is 0.107 e. The normalized spacial score (nSPS) is 23.8. The number of hydrogen-bond donors (Lipinski definition) is 1. The number of nitrogens with zero attached hydrogens (tertiary/aromatic N) is 2. The van der Waals surface area contributed by atoms with Crippen LogP contribution >= 0.6 is 11.3 Å². The first-order chi connectivity index (χ1) is 8.15. The van der Waals surface area contributed by atoms with E-state index in [2.05, 4.69) is 41.5 Å². The van der Waals surface area contributed by atoms with E-state index < -0.39 is 0 Å². The van der Waals surface area contributed by atoms with E-state index in [0.29, 0.717) is 6.04 Å². The molecule has 1 saturated heterocycles. The van der Waals surface area contributed by atoms with Gasteiger partial charge in [0.05, 0.1) is 0 Å². The zero-order valence-electron chi connectivity index (χ0n) is 11.1. The van der Waals surface area contributed by atoms with Gasteiger partial charge >= 0.3 is 0 Å². The zero-order valence-corrected chi connectivity index (χ0v) is 11.9. The first-order valence-corrected chi connectivity index (χ1v) is 7.36. The molecule has 4 heteroatoms. The summed E-state index contributed by atoms with van der Waals surface area (Å²) in [5, 5.41) is 6.95. The van der Waals surface area contributed by atoms with Gasteiger partial charge in [0.15, 0.2) is 0 Å². The van der Waals surface area contributed by atoms with E-state index in [1.54, 1.807) is 11.3 Å². The lowest BCUT2D eigenvalue weighted by atomic mass is 9.92. The summed E-state index contributed by atoms with van der Waals surface area (Å²) in [5.41, 5.74) is 1.14. The van der Waals surface area contributed by atoms with Crippen molar-refractivity contribution in [1.82, 2.24) is 15.2 Å². The van der Waals surface area contributed by atoms with Gasteiger partial charge in [-0.15, -0.1) is 11.3 Å². The molecule has 0 aliphatic carbocycles. The van der Waals surface area contributed by atoms with Gasteiger partial charge in [-0.3, -0.25) is 0 Å². The molecule has 0 saturated carbocycles. The Bertz CT molecular complexity index is 350. The molecular formula is C13H23N3S. The third kappa shape index (κ3) is 3.76. The summed E-state index contributed by atoms with van der Waals surface area (Å²) >= 11 is 1.75. The van der Waals surface area contributed by atoms with Crippen LogP contribution in [0.1, 0.15) is 30.5 Å². The van der Waals surface area contributed by atoms with Gasteiger partial charge in [-0.1, -0.05) is 0 Å². The molecule has 0 bridgehead atoms. The SMILES string of the molecule is Cc1csc(CNC(C)C2CCCN(C)C2)n1. The highest BCUT2D eigenvalue weighted by atomic mass is 32.1. The fourth-order valence-electron chi connectivity index (χ4n) is 2.51. The predicted molar refractivity (Wildman–Crippen MR) is 73.4 cm³/mol. The maximum atomic E-state index is 4.49. The number of likely N-dealkylation sites (tertiary alicyclic amines) is 1. The number of piperidine rings is 1. The second kappa shape index (κ2) is 5.94. The van der Waals surface area contributed by atoms with Gasteiger partial charge in [0, 0.05) is 30.2 Å². The standard InChI is InChI=1S/C13H23N3S/c1-10-9-17-13(15-10)7-14-11(2)12-5-4-6-16(3)8-12/h9,11-12,14H,4-8H2,1-3H3. The Morgan fingerprint density at radius 1 is 1.65 bits per heavy atom. The molecule has 2 unspecified atom stereocenters. The lowest BCUT2D eigenvalue weighted by molar-refractivity contribution is 0.178. The molecule has 96 valence electrons. The summed E-state index contributed by atoms with van der Waals surface area (Å²) in [7, 11) is 2.23. The molecule has 0 amide bonds. The quantitative estimate of drug-likeness (QED) is 0.892. The van der Waals surface area contributed by atoms with Gasteiger partial charge in [0.2, 0.25) is 0 Å². The molecule has 0 spiro atoms. The van der Waals surface area contributed by atoms with Crippen LogP contribution in [0.15, 0.2) is 5.38 Å². The Morgan fingerprint density at radius 2 is 2.47 bits per heavy atom. The van der Waals surface area contributed by atoms with Crippen molar-refractivity contribution >= 4 is 11.3 Å². The van der Waals surface area contributed by atoms with Gasteiger partial charge in [0.1, 0.15) is 5.01 Å². The van der Waals surface area contributed by atoms with Crippen LogP contribution in [0.3, 0.4) is 0 Å². The van der Waals surface area contributed by atoms with Crippen molar-refractivity contribution in [2.45, 2.75) is 39.3 Å². The number of aromatic nitrogens is 1. The lowest BCUT2D eigenvalue weighted by Gasteiger charge is -2.33. The van der Waals surface area contributed by atoms with Gasteiger partial charge in [-0.2, -0.15) is 0 Å². The van der Waals surface area contributed by atoms with E-state index in [-0.39, 0.29) is 0 Å². The Morgan fingerprint density at radius 3 is 3.12 bits per heavy atom. The molecule has 1 aromatic rings. The molecule has 1 aromatic heterocycles. The van der Waals surface area contributed by atoms with Crippen LogP contribution in [-0.2, 0) is 6.54 Å². The zero-order chi connectivity index (χ0) is 12.3. The van der Waals surface area contributed by atoms with Crippen LogP contribution in [-0.4, -0.2) is 36.1 Å². The van der Waals surface area contributed by atoms with Crippen molar-refractivity contribution in [1.29, 1.82) is 0 Å². The molecule has 1 aliphatic heterocycles. The topological polar surface area (TPSA) is 28.2 Å². The molecular weight excluding hydrogens is 230 g/mol. The number of rotatable bonds is 4. The van der Waals surface area contributed by atoms with Crippen LogP contribution in [0.2, 0.25) is 0 Å². The van der Waals surface area contributed by atoms with Gasteiger partial charge in [-0.25, -0.2) is 4.98 Å². The third-order valence-corrected chi connectivity index (χ3v) is 4.58. The third-order valence-electron chi connectivity index (χ3n) is 3.61. The lowest BCUT2D eigenvalue weighted by Crippen LogP contribution is -2.42. The number of hydrogen-bond acceptors (Lipinski definition) is 4. The molecule has 1 aliphatic rings. The van der Waals surface area contributed by atoms with E-state index in [1.807, 2.05) is 0 Å². The van der Waals surface area contributed by atoms with Crippen molar-refractivity contribution in [3.8, 4) is 0 Å². The van der Waals surface area contributed by atoms with Crippen LogP contribution in [0.25, 0.3) is 0 Å². The van der Waals surface area contributed by atoms with Crippen molar-refractivity contribution < 1.29 is 0 Å². The highest BCUT2D eigenvalue weighted by Gasteiger charge is 2.22. The first-order valence-electron chi connectivity index (χ1n) is 6.48. The first kappa shape index (κ1) is 13.0. The Labute approximate surface area is 108 Å². The van der Waals surface area contributed by atoms with Gasteiger partial charge < -0.3 is 10.2 Å². The Balaban J connectivity index is 1.78. The van der Waals surface area contributed by atoms with E-state index in [1.165, 1.54) is 30.9 Å². The average molecular weight is 253 g/mol. The molecule has 1 N–H and O–H groups in total. The summed E-state index contributed by atoms with van der Waals surface area (Å²) in [6.07, 6.45) is 2.69. The number of aryl methyl sites for hydroxylation is 1. The van der Waals surface area contributed by atoms with Gasteiger partial charge in [-0.05, 0) is 46.2 Å². The van der Waals surface area contributed by atoms with Crippen LogP contribution in [0.4, 0.5) is 0 Å². The van der Waals surface area contributed by atoms with E-state index in [4.69, 9.17) is 0 Å². The van der Waals surface area contributed by atoms with E-state index >= 15 is 0 Å². The monoisotopic (exact) mass is 253 g/mol. The Hall–Kier alpha value is -0.450. The molecule has 17 heavy (non-hydrogen) atoms. The second-order valence-electron chi connectivity index (χ2n) is 5.22. The van der Waals surface area contributed by atoms with Crippen LogP contribution in [0, 0.1) is 12.8 Å². The fourth-order valence-corrected chi connectivity index (χ4v) is 3.24. The maximum absolute atomic E-state index is 4.49. The van der Waals surface area contributed by atoms with Crippen molar-refractivity contribution in [2.75, 3.05) is 20.1 Å². The Kier molecular flexibility index (Phi) is 4.54. The highest BCUT2D eigenvalue weighted by Crippen LogP contribution is 2.19. The smallest absolute Gasteiger partial charge is 0.107 e. The molecule has 0 aromatic carbocycles. The highest BCUT2D eigenvalue weighted by molar-refractivity contribution is 7.09. The minimum atomic E-state index is 0.585. The molecule has 1 fully saturated rings. The summed E-state index contributed by atoms with van der Waals surface area (Å²) < 4.78 is 0. The minimum absolute atomic E-state index is 0.585. The molecule has 2 heterocycles. The summed E-state index contributed by atoms with van der Waals surface area (Å²) in [4.78, 5) is 6.93. The summed E-state index contributed by atoms with van der Waals surface area (Å²) in [6.45, 7) is 7.77. The fraction of sp³-hybridized carbons (Fsp3) is 0.769. The van der Waals surface area contributed by atoms with Crippen LogP contribution in [0.5, 0.6) is 0 Å². The average Bonchev–Trinajstić information content (AvgIpc) is 2.72. The predicted octanol–water partition coefficient (Wildman–Crippen LogP) is 2.27. The summed E-state index contributed by atoms with van der Waals surface area (Å²) in [5.74, 6) is 0.787. The van der Waals surface area contributed by atoms with Crippen molar-refractivity contribution in [3.63, 3.8) is 0 Å². The largest absolute Gasteiger partial charge is 0.308 e. The summed E-state index contributed by atoms with van der Waals surface area (Å²) in [6, 6.07) is 0.585. The van der Waals surface area contributed by atoms with E-state index in [9.17, 15) is 0 Å². The molecule has 0 radical (unpaired) electrons. The molecule has 2 atom stereocenters. The number of thiazole rings is 1. The minimum Gasteiger partial charge on any atom is -0.308 e. The van der Waals surface area contributed by atoms with Crippen LogP contribution < -0.4 is 5.32 Å². The van der Waals surface area contributed by atoms with Gasteiger partial charge in [0.25, 0.3) is 0 Å². The molecule has 2 rings (SSSR count). The van der Waals surface area contributed by atoms with Crippen molar-refractivity contribution in [2.24, 2.45) is 5.92 Å². The van der Waals surface area contributed by atoms with E-state index in [0.717, 1.165) is 18.2 Å². The number of nitrogens with one attached hydrogen (secondary N) is 1. The second-order valence-corrected chi connectivity index (χ2v) is 6.16. The molecule has 3 nitrogen and oxygen atoms in total. The van der Waals surface area contributed by atoms with Crippen molar-refractivity contribution in [3.05, 3.63) is 16.1 Å².